The Labute approximate surface area is 120 Å². The second kappa shape index (κ2) is 6.37. The van der Waals surface area contributed by atoms with E-state index >= 15 is 0 Å². The standard InChI is InChI=1S/C14H21NO4S/c1-9(2)5-6-15-20(18,19)13-8-12(14(16)17)7-10(3)11(13)4/h7-9,15H,5-6H2,1-4H3,(H,16,17). The summed E-state index contributed by atoms with van der Waals surface area (Å²) in [5, 5.41) is 9.02. The molecule has 2 N–H and O–H groups in total. The minimum Gasteiger partial charge on any atom is -0.478 e. The van der Waals surface area contributed by atoms with Gasteiger partial charge in [0.05, 0.1) is 10.5 Å². The van der Waals surface area contributed by atoms with Crippen LogP contribution in [0.4, 0.5) is 0 Å². The Hall–Kier alpha value is -1.40. The molecule has 1 rings (SSSR count). The lowest BCUT2D eigenvalue weighted by Crippen LogP contribution is -2.26. The molecule has 0 unspecified atom stereocenters. The minimum absolute atomic E-state index is 0.0164. The fraction of sp³-hybridized carbons (Fsp3) is 0.500. The summed E-state index contributed by atoms with van der Waals surface area (Å²) >= 11 is 0. The summed E-state index contributed by atoms with van der Waals surface area (Å²) in [7, 11) is -3.68. The number of carboxylic acid groups (broad SMARTS) is 1. The molecule has 112 valence electrons. The molecule has 0 fully saturated rings. The number of aromatic carboxylic acids is 1. The Morgan fingerprint density at radius 1 is 1.30 bits per heavy atom. The number of carbonyl (C=O) groups is 1. The lowest BCUT2D eigenvalue weighted by Gasteiger charge is -2.13. The van der Waals surface area contributed by atoms with Crippen LogP contribution in [0.25, 0.3) is 0 Å². The van der Waals surface area contributed by atoms with Gasteiger partial charge in [0.25, 0.3) is 0 Å². The van der Waals surface area contributed by atoms with Crippen LogP contribution in [0.15, 0.2) is 17.0 Å². The van der Waals surface area contributed by atoms with Gasteiger partial charge in [-0.05, 0) is 49.4 Å². The molecule has 0 atom stereocenters. The van der Waals surface area contributed by atoms with Gasteiger partial charge in [0.15, 0.2) is 0 Å². The summed E-state index contributed by atoms with van der Waals surface area (Å²) in [5.41, 5.74) is 1.21. The van der Waals surface area contributed by atoms with Crippen LogP contribution in [-0.2, 0) is 10.0 Å². The molecule has 0 radical (unpaired) electrons. The number of benzene rings is 1. The largest absolute Gasteiger partial charge is 0.478 e. The Bertz CT molecular complexity index is 606. The maximum Gasteiger partial charge on any atom is 0.335 e. The van der Waals surface area contributed by atoms with Crippen molar-refractivity contribution in [3.05, 3.63) is 28.8 Å². The first-order chi connectivity index (χ1) is 9.15. The van der Waals surface area contributed by atoms with E-state index in [9.17, 15) is 13.2 Å². The molecule has 0 amide bonds. The van der Waals surface area contributed by atoms with Crippen LogP contribution < -0.4 is 4.72 Å². The smallest absolute Gasteiger partial charge is 0.335 e. The van der Waals surface area contributed by atoms with Crippen LogP contribution in [0.2, 0.25) is 0 Å². The molecule has 0 bridgehead atoms. The fourth-order valence-electron chi connectivity index (χ4n) is 1.79. The quantitative estimate of drug-likeness (QED) is 0.844. The van der Waals surface area contributed by atoms with E-state index in [-0.39, 0.29) is 10.5 Å². The summed E-state index contributed by atoms with van der Waals surface area (Å²) in [6, 6.07) is 2.69. The van der Waals surface area contributed by atoms with Gasteiger partial charge in [-0.2, -0.15) is 0 Å². The summed E-state index contributed by atoms with van der Waals surface area (Å²) in [6.45, 7) is 7.74. The van der Waals surface area contributed by atoms with Crippen LogP contribution in [0, 0.1) is 19.8 Å². The van der Waals surface area contributed by atoms with E-state index < -0.39 is 16.0 Å². The number of aryl methyl sites for hydroxylation is 1. The number of hydrogen-bond donors (Lipinski definition) is 2. The summed E-state index contributed by atoms with van der Waals surface area (Å²) < 4.78 is 27.0. The average molecular weight is 299 g/mol. The predicted octanol–water partition coefficient (Wildman–Crippen LogP) is 2.33. The number of nitrogens with one attached hydrogen (secondary N) is 1. The van der Waals surface area contributed by atoms with Gasteiger partial charge in [-0.25, -0.2) is 17.9 Å². The first-order valence-electron chi connectivity index (χ1n) is 6.49. The van der Waals surface area contributed by atoms with E-state index in [4.69, 9.17) is 5.11 Å². The number of carboxylic acids is 1. The van der Waals surface area contributed by atoms with Crippen molar-refractivity contribution >= 4 is 16.0 Å². The highest BCUT2D eigenvalue weighted by atomic mass is 32.2. The fourth-order valence-corrected chi connectivity index (χ4v) is 3.18. The minimum atomic E-state index is -3.68. The van der Waals surface area contributed by atoms with Gasteiger partial charge in [-0.15, -0.1) is 0 Å². The first kappa shape index (κ1) is 16.7. The Morgan fingerprint density at radius 3 is 2.40 bits per heavy atom. The number of rotatable bonds is 6. The Balaban J connectivity index is 3.14. The Morgan fingerprint density at radius 2 is 1.90 bits per heavy atom. The van der Waals surface area contributed by atoms with Gasteiger partial charge in [0.2, 0.25) is 10.0 Å². The normalized spacial score (nSPS) is 11.8. The lowest BCUT2D eigenvalue weighted by molar-refractivity contribution is 0.0696. The maximum absolute atomic E-state index is 12.3. The molecule has 0 saturated carbocycles. The highest BCUT2D eigenvalue weighted by Crippen LogP contribution is 2.21. The summed E-state index contributed by atoms with van der Waals surface area (Å²) in [4.78, 5) is 11.1. The second-order valence-corrected chi connectivity index (χ2v) is 7.04. The summed E-state index contributed by atoms with van der Waals surface area (Å²) in [6.07, 6.45) is 0.732. The molecule has 20 heavy (non-hydrogen) atoms. The van der Waals surface area contributed by atoms with Crippen LogP contribution in [0.1, 0.15) is 41.8 Å². The lowest BCUT2D eigenvalue weighted by atomic mass is 10.1. The molecule has 0 saturated heterocycles. The third-order valence-corrected chi connectivity index (χ3v) is 4.76. The van der Waals surface area contributed by atoms with E-state index in [1.165, 1.54) is 12.1 Å². The van der Waals surface area contributed by atoms with Crippen LogP contribution in [0.3, 0.4) is 0 Å². The van der Waals surface area contributed by atoms with Crippen molar-refractivity contribution in [2.45, 2.75) is 39.0 Å². The van der Waals surface area contributed by atoms with Gasteiger partial charge in [0, 0.05) is 6.54 Å². The SMILES string of the molecule is Cc1cc(C(=O)O)cc(S(=O)(=O)NCCC(C)C)c1C. The van der Waals surface area contributed by atoms with Crippen molar-refractivity contribution in [1.82, 2.24) is 4.72 Å². The van der Waals surface area contributed by atoms with E-state index in [1.807, 2.05) is 13.8 Å². The molecular weight excluding hydrogens is 278 g/mol. The molecule has 0 aliphatic heterocycles. The van der Waals surface area contributed by atoms with Crippen molar-refractivity contribution in [2.24, 2.45) is 5.92 Å². The zero-order valence-electron chi connectivity index (χ0n) is 12.2. The molecule has 6 heteroatoms. The zero-order chi connectivity index (χ0) is 15.5. The second-order valence-electron chi connectivity index (χ2n) is 5.30. The van der Waals surface area contributed by atoms with Crippen molar-refractivity contribution < 1.29 is 18.3 Å². The van der Waals surface area contributed by atoms with Gasteiger partial charge in [0.1, 0.15) is 0 Å². The zero-order valence-corrected chi connectivity index (χ0v) is 13.0. The van der Waals surface area contributed by atoms with E-state index in [2.05, 4.69) is 4.72 Å². The molecular formula is C14H21NO4S. The number of hydrogen-bond acceptors (Lipinski definition) is 3. The van der Waals surface area contributed by atoms with Crippen molar-refractivity contribution in [3.8, 4) is 0 Å². The predicted molar refractivity (Wildman–Crippen MR) is 77.5 cm³/mol. The van der Waals surface area contributed by atoms with Crippen molar-refractivity contribution in [1.29, 1.82) is 0 Å². The molecule has 0 aromatic heterocycles. The molecule has 1 aromatic rings. The van der Waals surface area contributed by atoms with E-state index in [0.29, 0.717) is 23.6 Å². The monoisotopic (exact) mass is 299 g/mol. The van der Waals surface area contributed by atoms with Crippen molar-refractivity contribution in [2.75, 3.05) is 6.54 Å². The van der Waals surface area contributed by atoms with E-state index in [1.54, 1.807) is 13.8 Å². The van der Waals surface area contributed by atoms with Gasteiger partial charge in [-0.1, -0.05) is 13.8 Å². The van der Waals surface area contributed by atoms with Crippen LogP contribution >= 0.6 is 0 Å². The Kier molecular flexibility index (Phi) is 5.30. The third kappa shape index (κ3) is 4.05. The molecule has 1 aromatic carbocycles. The van der Waals surface area contributed by atoms with Crippen molar-refractivity contribution in [3.63, 3.8) is 0 Å². The summed E-state index contributed by atoms with van der Waals surface area (Å²) in [5.74, 6) is -0.738. The van der Waals surface area contributed by atoms with Crippen LogP contribution in [0.5, 0.6) is 0 Å². The maximum atomic E-state index is 12.3. The highest BCUT2D eigenvalue weighted by molar-refractivity contribution is 7.89. The first-order valence-corrected chi connectivity index (χ1v) is 7.97. The molecule has 0 spiro atoms. The highest BCUT2D eigenvalue weighted by Gasteiger charge is 2.20. The number of sulfonamides is 1. The van der Waals surface area contributed by atoms with Gasteiger partial charge >= 0.3 is 5.97 Å². The molecule has 0 heterocycles. The molecule has 0 aliphatic rings. The van der Waals surface area contributed by atoms with E-state index in [0.717, 1.165) is 6.42 Å². The molecule has 5 nitrogen and oxygen atoms in total. The van der Waals surface area contributed by atoms with Gasteiger partial charge < -0.3 is 5.11 Å². The van der Waals surface area contributed by atoms with Gasteiger partial charge in [-0.3, -0.25) is 0 Å². The van der Waals surface area contributed by atoms with Crippen LogP contribution in [-0.4, -0.2) is 26.0 Å². The molecule has 0 aliphatic carbocycles. The topological polar surface area (TPSA) is 83.5 Å². The average Bonchev–Trinajstić information content (AvgIpc) is 2.31. The third-order valence-electron chi connectivity index (χ3n) is 3.17.